The van der Waals surface area contributed by atoms with Crippen molar-refractivity contribution < 1.29 is 19.0 Å². The van der Waals surface area contributed by atoms with E-state index in [4.69, 9.17) is 33.0 Å². The minimum Gasteiger partial charge on any atom is -0.488 e. The van der Waals surface area contributed by atoms with Gasteiger partial charge in [0.15, 0.2) is 0 Å². The van der Waals surface area contributed by atoms with Crippen molar-refractivity contribution in [3.63, 3.8) is 0 Å². The van der Waals surface area contributed by atoms with E-state index in [2.05, 4.69) is 21.2 Å². The molecule has 0 aromatic heterocycles. The van der Waals surface area contributed by atoms with Crippen LogP contribution in [0.2, 0.25) is 10.0 Å². The Balaban J connectivity index is 1.77. The van der Waals surface area contributed by atoms with Gasteiger partial charge in [0, 0.05) is 22.1 Å². The molecule has 0 bridgehead atoms. The Morgan fingerprint density at radius 1 is 1.03 bits per heavy atom. The number of rotatable bonds is 7. The van der Waals surface area contributed by atoms with Gasteiger partial charge in [0.1, 0.15) is 18.2 Å². The highest BCUT2D eigenvalue weighted by Gasteiger charge is 2.11. The summed E-state index contributed by atoms with van der Waals surface area (Å²) < 4.78 is 19.9. The molecular formula is C21H15BrCl2FNO3. The van der Waals surface area contributed by atoms with E-state index >= 15 is 0 Å². The number of halogens is 4. The van der Waals surface area contributed by atoms with Crippen molar-refractivity contribution in [1.29, 1.82) is 0 Å². The second kappa shape index (κ2) is 9.48. The SMILES string of the molecule is O=C(O)c1ccc(Cl)c(NCc2cc(Br)ccc2OCc2ccc(F)cc2Cl)c1. The summed E-state index contributed by atoms with van der Waals surface area (Å²) in [6, 6.07) is 14.1. The molecule has 0 saturated carbocycles. The molecule has 0 spiro atoms. The summed E-state index contributed by atoms with van der Waals surface area (Å²) in [6.07, 6.45) is 0. The molecule has 0 fully saturated rings. The van der Waals surface area contributed by atoms with Crippen molar-refractivity contribution in [2.75, 3.05) is 5.32 Å². The number of carboxylic acids is 1. The maximum atomic E-state index is 13.2. The Hall–Kier alpha value is -2.28. The number of ether oxygens (including phenoxy) is 1. The van der Waals surface area contributed by atoms with E-state index in [1.807, 2.05) is 12.1 Å². The van der Waals surface area contributed by atoms with Crippen LogP contribution in [0.3, 0.4) is 0 Å². The first kappa shape index (κ1) is 21.4. The number of hydrogen-bond donors (Lipinski definition) is 2. The lowest BCUT2D eigenvalue weighted by Gasteiger charge is -2.15. The van der Waals surface area contributed by atoms with E-state index < -0.39 is 11.8 Å². The van der Waals surface area contributed by atoms with Gasteiger partial charge in [0.2, 0.25) is 0 Å². The van der Waals surface area contributed by atoms with E-state index in [-0.39, 0.29) is 12.2 Å². The molecule has 0 radical (unpaired) electrons. The van der Waals surface area contributed by atoms with Crippen LogP contribution in [0.4, 0.5) is 10.1 Å². The first-order valence-electron chi connectivity index (χ1n) is 8.45. The largest absolute Gasteiger partial charge is 0.488 e. The third-order valence-corrected chi connectivity index (χ3v) is 5.28. The van der Waals surface area contributed by atoms with Gasteiger partial charge in [-0.3, -0.25) is 0 Å². The fourth-order valence-corrected chi connectivity index (χ4v) is 3.42. The normalized spacial score (nSPS) is 10.6. The number of carbonyl (C=O) groups is 1. The lowest BCUT2D eigenvalue weighted by molar-refractivity contribution is 0.0697. The molecule has 0 amide bonds. The number of aromatic carboxylic acids is 1. The Morgan fingerprint density at radius 3 is 2.55 bits per heavy atom. The number of hydrogen-bond acceptors (Lipinski definition) is 3. The molecule has 29 heavy (non-hydrogen) atoms. The van der Waals surface area contributed by atoms with Gasteiger partial charge in [-0.25, -0.2) is 9.18 Å². The average Bonchev–Trinajstić information content (AvgIpc) is 2.67. The van der Waals surface area contributed by atoms with Crippen molar-refractivity contribution in [2.24, 2.45) is 0 Å². The summed E-state index contributed by atoms with van der Waals surface area (Å²) in [5.74, 6) is -0.841. The number of anilines is 1. The maximum absolute atomic E-state index is 13.2. The van der Waals surface area contributed by atoms with Gasteiger partial charge >= 0.3 is 5.97 Å². The van der Waals surface area contributed by atoms with Gasteiger partial charge in [0.25, 0.3) is 0 Å². The minimum atomic E-state index is -1.03. The third kappa shape index (κ3) is 5.63. The molecule has 3 aromatic rings. The van der Waals surface area contributed by atoms with Crippen LogP contribution in [-0.4, -0.2) is 11.1 Å². The first-order chi connectivity index (χ1) is 13.8. The highest BCUT2D eigenvalue weighted by Crippen LogP contribution is 2.28. The zero-order chi connectivity index (χ0) is 21.0. The Kier molecular flexibility index (Phi) is 7.00. The van der Waals surface area contributed by atoms with Gasteiger partial charge in [-0.2, -0.15) is 0 Å². The Morgan fingerprint density at radius 2 is 1.83 bits per heavy atom. The van der Waals surface area contributed by atoms with Crippen LogP contribution >= 0.6 is 39.1 Å². The molecule has 150 valence electrons. The zero-order valence-electron chi connectivity index (χ0n) is 14.9. The van der Waals surface area contributed by atoms with E-state index in [0.717, 1.165) is 10.0 Å². The van der Waals surface area contributed by atoms with Crippen LogP contribution < -0.4 is 10.1 Å². The summed E-state index contributed by atoms with van der Waals surface area (Å²) in [6.45, 7) is 0.512. The van der Waals surface area contributed by atoms with Crippen LogP contribution in [0, 0.1) is 5.82 Å². The molecule has 0 aliphatic heterocycles. The molecule has 0 atom stereocenters. The Labute approximate surface area is 185 Å². The van der Waals surface area contributed by atoms with E-state index in [1.54, 1.807) is 12.1 Å². The average molecular weight is 499 g/mol. The maximum Gasteiger partial charge on any atom is 0.335 e. The topological polar surface area (TPSA) is 58.6 Å². The lowest BCUT2D eigenvalue weighted by atomic mass is 10.1. The van der Waals surface area contributed by atoms with Gasteiger partial charge in [-0.05, 0) is 48.5 Å². The summed E-state index contributed by atoms with van der Waals surface area (Å²) >= 11 is 15.7. The second-order valence-electron chi connectivity index (χ2n) is 6.13. The van der Waals surface area contributed by atoms with Crippen LogP contribution in [0.1, 0.15) is 21.5 Å². The number of benzene rings is 3. The van der Waals surface area contributed by atoms with Gasteiger partial charge in [-0.1, -0.05) is 45.2 Å². The fraction of sp³-hybridized carbons (Fsp3) is 0.0952. The number of carboxylic acid groups (broad SMARTS) is 1. The summed E-state index contributed by atoms with van der Waals surface area (Å²) in [5.41, 5.74) is 2.11. The van der Waals surface area contributed by atoms with Gasteiger partial charge < -0.3 is 15.2 Å². The molecule has 3 rings (SSSR count). The van der Waals surface area contributed by atoms with E-state index in [1.165, 1.54) is 30.3 Å². The zero-order valence-corrected chi connectivity index (χ0v) is 18.0. The highest BCUT2D eigenvalue weighted by molar-refractivity contribution is 9.10. The summed E-state index contributed by atoms with van der Waals surface area (Å²) in [7, 11) is 0. The molecular weight excluding hydrogens is 484 g/mol. The molecule has 3 aromatic carbocycles. The number of nitrogens with one attached hydrogen (secondary N) is 1. The molecule has 4 nitrogen and oxygen atoms in total. The molecule has 0 aliphatic carbocycles. The van der Waals surface area contributed by atoms with Gasteiger partial charge in [-0.15, -0.1) is 0 Å². The predicted octanol–water partition coefficient (Wildman–Crippen LogP) is 6.78. The third-order valence-electron chi connectivity index (χ3n) is 4.10. The van der Waals surface area contributed by atoms with Crippen molar-refractivity contribution in [1.82, 2.24) is 0 Å². The monoisotopic (exact) mass is 497 g/mol. The molecule has 8 heteroatoms. The fourth-order valence-electron chi connectivity index (χ4n) is 2.61. The first-order valence-corrected chi connectivity index (χ1v) is 10.0. The Bertz CT molecular complexity index is 1060. The lowest BCUT2D eigenvalue weighted by Crippen LogP contribution is -2.06. The highest BCUT2D eigenvalue weighted by atomic mass is 79.9. The molecule has 0 heterocycles. The van der Waals surface area contributed by atoms with Crippen LogP contribution in [0.15, 0.2) is 59.1 Å². The van der Waals surface area contributed by atoms with E-state index in [0.29, 0.717) is 33.6 Å². The predicted molar refractivity (Wildman–Crippen MR) is 116 cm³/mol. The molecule has 0 aliphatic rings. The van der Waals surface area contributed by atoms with Gasteiger partial charge in [0.05, 0.1) is 21.3 Å². The summed E-state index contributed by atoms with van der Waals surface area (Å²) in [5, 5.41) is 13.0. The smallest absolute Gasteiger partial charge is 0.335 e. The molecule has 2 N–H and O–H groups in total. The van der Waals surface area contributed by atoms with Crippen molar-refractivity contribution in [3.8, 4) is 5.75 Å². The molecule has 0 unspecified atom stereocenters. The second-order valence-corrected chi connectivity index (χ2v) is 7.86. The van der Waals surface area contributed by atoms with E-state index in [9.17, 15) is 9.18 Å². The standard InChI is InChI=1S/C21H15BrCl2FNO3/c22-15-3-6-20(29-11-13-1-4-16(25)9-18(13)24)14(7-15)10-26-19-8-12(21(27)28)2-5-17(19)23/h1-9,26H,10-11H2,(H,27,28). The van der Waals surface area contributed by atoms with Crippen LogP contribution in [-0.2, 0) is 13.2 Å². The van der Waals surface area contributed by atoms with Crippen molar-refractivity contribution >= 4 is 50.8 Å². The molecule has 0 saturated heterocycles. The quantitative estimate of drug-likeness (QED) is 0.376. The van der Waals surface area contributed by atoms with Crippen LogP contribution in [0.5, 0.6) is 5.75 Å². The van der Waals surface area contributed by atoms with Crippen molar-refractivity contribution in [3.05, 3.63) is 91.6 Å². The summed E-state index contributed by atoms with van der Waals surface area (Å²) in [4.78, 5) is 11.2. The van der Waals surface area contributed by atoms with Crippen molar-refractivity contribution in [2.45, 2.75) is 13.2 Å². The van der Waals surface area contributed by atoms with Crippen LogP contribution in [0.25, 0.3) is 0 Å². The minimum absolute atomic E-state index is 0.133.